The molecule has 3 unspecified atom stereocenters. The van der Waals surface area contributed by atoms with Crippen molar-refractivity contribution in [2.45, 2.75) is 23.5 Å². The van der Waals surface area contributed by atoms with E-state index in [0.29, 0.717) is 16.8 Å². The maximum Gasteiger partial charge on any atom is 0.309 e. The second-order valence-corrected chi connectivity index (χ2v) is 7.64. The molecular formula is C14H18O3S2. The molecule has 3 atom stereocenters. The number of ether oxygens (including phenoxy) is 1. The topological polar surface area (TPSA) is 43.4 Å². The molecule has 0 saturated carbocycles. The Morgan fingerprint density at radius 1 is 1.53 bits per heavy atom. The van der Waals surface area contributed by atoms with E-state index in [9.17, 15) is 9.00 Å². The molecule has 1 aromatic rings. The van der Waals surface area contributed by atoms with Crippen molar-refractivity contribution in [3.8, 4) is 0 Å². The summed E-state index contributed by atoms with van der Waals surface area (Å²) in [5.41, 5.74) is 1.34. The average Bonchev–Trinajstić information content (AvgIpc) is 2.79. The smallest absolute Gasteiger partial charge is 0.309 e. The summed E-state index contributed by atoms with van der Waals surface area (Å²) in [6.45, 7) is 1.76. The molecule has 0 amide bonds. The van der Waals surface area contributed by atoms with E-state index in [-0.39, 0.29) is 11.9 Å². The minimum Gasteiger partial charge on any atom is -0.469 e. The third kappa shape index (κ3) is 3.83. The molecule has 1 heterocycles. The van der Waals surface area contributed by atoms with E-state index in [1.54, 1.807) is 18.7 Å². The molecule has 2 rings (SSSR count). The molecule has 5 heteroatoms. The van der Waals surface area contributed by atoms with E-state index in [4.69, 9.17) is 0 Å². The molecule has 104 valence electrons. The summed E-state index contributed by atoms with van der Waals surface area (Å²) in [6.07, 6.45) is 0.971. The molecule has 0 fully saturated rings. The van der Waals surface area contributed by atoms with Crippen LogP contribution in [-0.2, 0) is 26.8 Å². The SMILES string of the molecule is COC(=O)C(C)CS(=O)CC1Cc2ccccc2S1. The zero-order valence-corrected chi connectivity index (χ0v) is 12.8. The first kappa shape index (κ1) is 14.6. The molecule has 1 aliphatic heterocycles. The lowest BCUT2D eigenvalue weighted by atomic mass is 10.1. The highest BCUT2D eigenvalue weighted by molar-refractivity contribution is 8.01. The second kappa shape index (κ2) is 6.57. The van der Waals surface area contributed by atoms with E-state index in [1.807, 2.05) is 12.1 Å². The molecule has 0 aliphatic carbocycles. The summed E-state index contributed by atoms with van der Waals surface area (Å²) in [5, 5.41) is 0.364. The zero-order chi connectivity index (χ0) is 13.8. The lowest BCUT2D eigenvalue weighted by molar-refractivity contribution is -0.144. The first-order chi connectivity index (χ1) is 9.10. The van der Waals surface area contributed by atoms with Gasteiger partial charge in [-0.3, -0.25) is 9.00 Å². The maximum absolute atomic E-state index is 12.1. The van der Waals surface area contributed by atoms with Gasteiger partial charge in [0.2, 0.25) is 0 Å². The number of carbonyl (C=O) groups is 1. The maximum atomic E-state index is 12.1. The summed E-state index contributed by atoms with van der Waals surface area (Å²) >= 11 is 1.80. The van der Waals surface area contributed by atoms with Gasteiger partial charge in [0.1, 0.15) is 0 Å². The van der Waals surface area contributed by atoms with Crippen molar-refractivity contribution in [1.29, 1.82) is 0 Å². The molecule has 1 aliphatic rings. The van der Waals surface area contributed by atoms with Gasteiger partial charge in [0, 0.05) is 32.5 Å². The summed E-state index contributed by atoms with van der Waals surface area (Å²) < 4.78 is 16.7. The average molecular weight is 298 g/mol. The number of esters is 1. The number of hydrogen-bond acceptors (Lipinski definition) is 4. The highest BCUT2D eigenvalue weighted by atomic mass is 32.2. The van der Waals surface area contributed by atoms with Crippen LogP contribution < -0.4 is 0 Å². The molecule has 0 bridgehead atoms. The van der Waals surface area contributed by atoms with Crippen LogP contribution in [0.25, 0.3) is 0 Å². The predicted molar refractivity (Wildman–Crippen MR) is 78.8 cm³/mol. The fourth-order valence-electron chi connectivity index (χ4n) is 2.17. The van der Waals surface area contributed by atoms with E-state index < -0.39 is 10.8 Å². The van der Waals surface area contributed by atoms with E-state index >= 15 is 0 Å². The quantitative estimate of drug-likeness (QED) is 0.782. The Labute approximate surface area is 120 Å². The summed E-state index contributed by atoms with van der Waals surface area (Å²) in [6, 6.07) is 8.31. The number of carbonyl (C=O) groups excluding carboxylic acids is 1. The van der Waals surface area contributed by atoms with Gasteiger partial charge in [-0.1, -0.05) is 25.1 Å². The standard InChI is InChI=1S/C14H18O3S2/c1-10(14(15)17-2)8-19(16)9-12-7-11-5-3-4-6-13(11)18-12/h3-6,10,12H,7-9H2,1-2H3. The van der Waals surface area contributed by atoms with Crippen molar-refractivity contribution < 1.29 is 13.7 Å². The van der Waals surface area contributed by atoms with Crippen LogP contribution in [0.4, 0.5) is 0 Å². The van der Waals surface area contributed by atoms with Crippen LogP contribution in [0.2, 0.25) is 0 Å². The van der Waals surface area contributed by atoms with Crippen molar-refractivity contribution >= 4 is 28.5 Å². The number of benzene rings is 1. The van der Waals surface area contributed by atoms with Crippen molar-refractivity contribution in [2.24, 2.45) is 5.92 Å². The van der Waals surface area contributed by atoms with Gasteiger partial charge < -0.3 is 4.74 Å². The van der Waals surface area contributed by atoms with Crippen LogP contribution in [0.3, 0.4) is 0 Å². The van der Waals surface area contributed by atoms with Gasteiger partial charge in [0.25, 0.3) is 0 Å². The Morgan fingerprint density at radius 3 is 2.95 bits per heavy atom. The number of hydrogen-bond donors (Lipinski definition) is 0. The molecule has 0 radical (unpaired) electrons. The van der Waals surface area contributed by atoms with Crippen molar-refractivity contribution in [1.82, 2.24) is 0 Å². The van der Waals surface area contributed by atoms with Gasteiger partial charge in [-0.05, 0) is 18.1 Å². The van der Waals surface area contributed by atoms with Crippen molar-refractivity contribution in [2.75, 3.05) is 18.6 Å². The van der Waals surface area contributed by atoms with Crippen LogP contribution in [0.1, 0.15) is 12.5 Å². The van der Waals surface area contributed by atoms with E-state index in [1.165, 1.54) is 17.6 Å². The largest absolute Gasteiger partial charge is 0.469 e. The molecule has 0 spiro atoms. The zero-order valence-electron chi connectivity index (χ0n) is 11.1. The summed E-state index contributed by atoms with van der Waals surface area (Å²) in [5.74, 6) is 0.455. The fraction of sp³-hybridized carbons (Fsp3) is 0.500. The van der Waals surface area contributed by atoms with E-state index in [0.717, 1.165) is 6.42 Å². The predicted octanol–water partition coefficient (Wildman–Crippen LogP) is 2.26. The van der Waals surface area contributed by atoms with Gasteiger partial charge in [0.05, 0.1) is 13.0 Å². The van der Waals surface area contributed by atoms with Gasteiger partial charge in [-0.2, -0.15) is 0 Å². The lowest BCUT2D eigenvalue weighted by Crippen LogP contribution is -2.23. The highest BCUT2D eigenvalue weighted by Gasteiger charge is 2.25. The fourth-order valence-corrected chi connectivity index (χ4v) is 5.34. The minimum absolute atomic E-state index is 0.282. The number of methoxy groups -OCH3 is 1. The molecule has 3 nitrogen and oxygen atoms in total. The Morgan fingerprint density at radius 2 is 2.26 bits per heavy atom. The third-order valence-electron chi connectivity index (χ3n) is 3.13. The molecule has 0 aromatic heterocycles. The first-order valence-corrected chi connectivity index (χ1v) is 8.64. The minimum atomic E-state index is -0.972. The number of fused-ring (bicyclic) bond motifs is 1. The molecule has 1 aromatic carbocycles. The Bertz CT molecular complexity index is 462. The van der Waals surface area contributed by atoms with Gasteiger partial charge >= 0.3 is 5.97 Å². The molecular weight excluding hydrogens is 280 g/mol. The summed E-state index contributed by atoms with van der Waals surface area (Å²) in [4.78, 5) is 12.6. The molecule has 0 saturated heterocycles. The van der Waals surface area contributed by atoms with Crippen molar-refractivity contribution in [3.05, 3.63) is 29.8 Å². The van der Waals surface area contributed by atoms with Crippen LogP contribution in [0.5, 0.6) is 0 Å². The van der Waals surface area contributed by atoms with Crippen LogP contribution in [-0.4, -0.2) is 34.0 Å². The first-order valence-electron chi connectivity index (χ1n) is 6.27. The lowest BCUT2D eigenvalue weighted by Gasteiger charge is -2.11. The van der Waals surface area contributed by atoms with Crippen molar-refractivity contribution in [3.63, 3.8) is 0 Å². The Balaban J connectivity index is 1.84. The van der Waals surface area contributed by atoms with Gasteiger partial charge in [-0.25, -0.2) is 0 Å². The normalized spacial score (nSPS) is 20.6. The van der Waals surface area contributed by atoms with Gasteiger partial charge in [0.15, 0.2) is 0 Å². The Hall–Kier alpha value is -0.810. The number of rotatable bonds is 5. The van der Waals surface area contributed by atoms with Gasteiger partial charge in [-0.15, -0.1) is 11.8 Å². The van der Waals surface area contributed by atoms with E-state index in [2.05, 4.69) is 16.9 Å². The second-order valence-electron chi connectivity index (χ2n) is 4.75. The summed E-state index contributed by atoms with van der Waals surface area (Å²) in [7, 11) is 0.394. The number of thioether (sulfide) groups is 1. The highest BCUT2D eigenvalue weighted by Crippen LogP contribution is 2.37. The van der Waals surface area contributed by atoms with Crippen LogP contribution in [0.15, 0.2) is 29.2 Å². The van der Waals surface area contributed by atoms with Crippen LogP contribution in [0, 0.1) is 5.92 Å². The molecule has 19 heavy (non-hydrogen) atoms. The van der Waals surface area contributed by atoms with Crippen LogP contribution >= 0.6 is 11.8 Å². The molecule has 0 N–H and O–H groups in total. The third-order valence-corrected chi connectivity index (χ3v) is 6.30. The monoisotopic (exact) mass is 298 g/mol. The Kier molecular flexibility index (Phi) is 5.05.